The molecule has 2 heteroatoms. The lowest BCUT2D eigenvalue weighted by atomic mass is 9.77. The molecule has 0 heterocycles. The van der Waals surface area contributed by atoms with E-state index in [-0.39, 0.29) is 0 Å². The average Bonchev–Trinajstić information content (AvgIpc) is 2.47. The highest BCUT2D eigenvalue weighted by Crippen LogP contribution is 2.39. The van der Waals surface area contributed by atoms with Crippen LogP contribution in [0.15, 0.2) is 24.3 Å². The van der Waals surface area contributed by atoms with Gasteiger partial charge in [-0.25, -0.2) is 0 Å². The van der Waals surface area contributed by atoms with Gasteiger partial charge in [-0.15, -0.1) is 0 Å². The van der Waals surface area contributed by atoms with Crippen molar-refractivity contribution >= 4 is 0 Å². The van der Waals surface area contributed by atoms with Crippen molar-refractivity contribution in [3.05, 3.63) is 35.4 Å². The van der Waals surface area contributed by atoms with Crippen molar-refractivity contribution in [2.45, 2.75) is 51.6 Å². The molecule has 2 nitrogen and oxygen atoms in total. The van der Waals surface area contributed by atoms with Crippen molar-refractivity contribution < 1.29 is 0 Å². The van der Waals surface area contributed by atoms with Crippen LogP contribution in [-0.4, -0.2) is 31.6 Å². The van der Waals surface area contributed by atoms with Gasteiger partial charge in [0.1, 0.15) is 0 Å². The number of benzene rings is 1. The van der Waals surface area contributed by atoms with Gasteiger partial charge in [0, 0.05) is 18.6 Å². The molecular weight excluding hydrogens is 244 g/mol. The first-order valence-electron chi connectivity index (χ1n) is 8.04. The maximum Gasteiger partial charge on any atom is 0.0478 e. The average molecular weight is 274 g/mol. The van der Waals surface area contributed by atoms with Crippen molar-refractivity contribution in [1.82, 2.24) is 10.2 Å². The Bertz CT molecular complexity index is 429. The summed E-state index contributed by atoms with van der Waals surface area (Å²) in [6.45, 7) is 8.20. The molecule has 0 bridgehead atoms. The summed E-state index contributed by atoms with van der Waals surface area (Å²) in [6, 6.07) is 10.00. The van der Waals surface area contributed by atoms with Gasteiger partial charge in [-0.1, -0.05) is 51.5 Å². The number of rotatable bonds is 5. The third-order valence-electron chi connectivity index (χ3n) is 5.02. The fraction of sp³-hybridized carbons (Fsp3) is 0.667. The van der Waals surface area contributed by atoms with Crippen LogP contribution in [0.3, 0.4) is 0 Å². The number of likely N-dealkylation sites (N-methyl/N-ethyl adjacent to an activating group) is 2. The summed E-state index contributed by atoms with van der Waals surface area (Å²) in [5.74, 6) is 1.42. The Morgan fingerprint density at radius 2 is 1.95 bits per heavy atom. The van der Waals surface area contributed by atoms with E-state index in [0.29, 0.717) is 18.0 Å². The van der Waals surface area contributed by atoms with E-state index in [9.17, 15) is 0 Å². The first kappa shape index (κ1) is 15.5. The Balaban J connectivity index is 2.23. The van der Waals surface area contributed by atoms with E-state index >= 15 is 0 Å². The summed E-state index contributed by atoms with van der Waals surface area (Å²) in [7, 11) is 4.39. The molecule has 1 aromatic carbocycles. The lowest BCUT2D eigenvalue weighted by Crippen LogP contribution is -2.46. The minimum atomic E-state index is 0.455. The number of hydrogen-bond acceptors (Lipinski definition) is 2. The molecule has 0 aliphatic heterocycles. The molecule has 1 N–H and O–H groups in total. The zero-order chi connectivity index (χ0) is 14.7. The van der Waals surface area contributed by atoms with E-state index in [1.165, 1.54) is 30.5 Å². The van der Waals surface area contributed by atoms with Crippen LogP contribution in [0.4, 0.5) is 0 Å². The molecule has 4 atom stereocenters. The van der Waals surface area contributed by atoms with Crippen LogP contribution in [0.5, 0.6) is 0 Å². The first-order chi connectivity index (χ1) is 9.58. The number of fused-ring (bicyclic) bond motifs is 1. The van der Waals surface area contributed by atoms with Crippen LogP contribution >= 0.6 is 0 Å². The Labute approximate surface area is 124 Å². The van der Waals surface area contributed by atoms with Crippen LogP contribution in [0, 0.1) is 5.92 Å². The largest absolute Gasteiger partial charge is 0.312 e. The van der Waals surface area contributed by atoms with Gasteiger partial charge in [0.2, 0.25) is 0 Å². The maximum absolute atomic E-state index is 3.56. The molecule has 1 aliphatic carbocycles. The summed E-state index contributed by atoms with van der Waals surface area (Å²) < 4.78 is 0. The third kappa shape index (κ3) is 3.07. The molecule has 4 unspecified atom stereocenters. The summed E-state index contributed by atoms with van der Waals surface area (Å²) in [5, 5.41) is 3.56. The van der Waals surface area contributed by atoms with Crippen LogP contribution in [0.1, 0.15) is 56.7 Å². The standard InChI is InChI=1S/C18H30N2/c1-6-13(2)12-20(5)17-11-14(3)15-9-7-8-10-16(15)18(17)19-4/h7-10,13-14,17-19H,6,11-12H2,1-5H3. The van der Waals surface area contributed by atoms with Crippen LogP contribution in [-0.2, 0) is 0 Å². The Hall–Kier alpha value is -0.860. The second-order valence-electron chi connectivity index (χ2n) is 6.55. The smallest absolute Gasteiger partial charge is 0.0478 e. The fourth-order valence-electron chi connectivity index (χ4n) is 3.61. The quantitative estimate of drug-likeness (QED) is 0.878. The Morgan fingerprint density at radius 3 is 2.55 bits per heavy atom. The van der Waals surface area contributed by atoms with Crippen molar-refractivity contribution in [3.63, 3.8) is 0 Å². The van der Waals surface area contributed by atoms with Crippen molar-refractivity contribution in [3.8, 4) is 0 Å². The molecule has 0 saturated heterocycles. The lowest BCUT2D eigenvalue weighted by molar-refractivity contribution is 0.148. The molecule has 0 saturated carbocycles. The zero-order valence-electron chi connectivity index (χ0n) is 13.7. The summed E-state index contributed by atoms with van der Waals surface area (Å²) >= 11 is 0. The highest BCUT2D eigenvalue weighted by molar-refractivity contribution is 5.36. The minimum Gasteiger partial charge on any atom is -0.312 e. The van der Waals surface area contributed by atoms with Crippen molar-refractivity contribution in [2.75, 3.05) is 20.6 Å². The number of nitrogens with one attached hydrogen (secondary N) is 1. The minimum absolute atomic E-state index is 0.455. The zero-order valence-corrected chi connectivity index (χ0v) is 13.7. The molecule has 0 fully saturated rings. The van der Waals surface area contributed by atoms with Crippen LogP contribution < -0.4 is 5.32 Å². The van der Waals surface area contributed by atoms with Gasteiger partial charge in [0.15, 0.2) is 0 Å². The highest BCUT2D eigenvalue weighted by atomic mass is 15.2. The van der Waals surface area contributed by atoms with Gasteiger partial charge in [-0.05, 0) is 43.5 Å². The van der Waals surface area contributed by atoms with Gasteiger partial charge >= 0.3 is 0 Å². The van der Waals surface area contributed by atoms with Gasteiger partial charge in [-0.2, -0.15) is 0 Å². The highest BCUT2D eigenvalue weighted by Gasteiger charge is 2.34. The van der Waals surface area contributed by atoms with Gasteiger partial charge in [0.05, 0.1) is 0 Å². The lowest BCUT2D eigenvalue weighted by Gasteiger charge is -2.42. The molecule has 112 valence electrons. The SMILES string of the molecule is CCC(C)CN(C)C1CC(C)c2ccccc2C1NC. The van der Waals surface area contributed by atoms with Crippen molar-refractivity contribution in [2.24, 2.45) is 5.92 Å². The van der Waals surface area contributed by atoms with E-state index in [1.807, 2.05) is 0 Å². The molecule has 1 aromatic rings. The molecule has 0 amide bonds. The summed E-state index contributed by atoms with van der Waals surface area (Å²) in [6.07, 6.45) is 2.50. The second-order valence-corrected chi connectivity index (χ2v) is 6.55. The van der Waals surface area contributed by atoms with E-state index in [4.69, 9.17) is 0 Å². The van der Waals surface area contributed by atoms with Gasteiger partial charge in [0.25, 0.3) is 0 Å². The Morgan fingerprint density at radius 1 is 1.30 bits per heavy atom. The summed E-state index contributed by atoms with van der Waals surface area (Å²) in [4.78, 5) is 2.57. The second kappa shape index (κ2) is 6.73. The molecule has 20 heavy (non-hydrogen) atoms. The molecule has 0 aromatic heterocycles. The molecular formula is C18H30N2. The Kier molecular flexibility index (Phi) is 5.22. The monoisotopic (exact) mass is 274 g/mol. The molecule has 0 spiro atoms. The topological polar surface area (TPSA) is 15.3 Å². The first-order valence-corrected chi connectivity index (χ1v) is 8.04. The summed E-state index contributed by atoms with van der Waals surface area (Å²) in [5.41, 5.74) is 3.02. The van der Waals surface area contributed by atoms with Crippen molar-refractivity contribution in [1.29, 1.82) is 0 Å². The molecule has 2 rings (SSSR count). The van der Waals surface area contributed by atoms with Crippen LogP contribution in [0.2, 0.25) is 0 Å². The van der Waals surface area contributed by atoms with Gasteiger partial charge in [-0.3, -0.25) is 0 Å². The third-order valence-corrected chi connectivity index (χ3v) is 5.02. The van der Waals surface area contributed by atoms with E-state index in [2.05, 4.69) is 69.3 Å². The van der Waals surface area contributed by atoms with E-state index < -0.39 is 0 Å². The fourth-order valence-corrected chi connectivity index (χ4v) is 3.61. The molecule has 1 aliphatic rings. The maximum atomic E-state index is 3.56. The number of nitrogens with zero attached hydrogens (tertiary/aromatic N) is 1. The van der Waals surface area contributed by atoms with Gasteiger partial charge < -0.3 is 10.2 Å². The molecule has 0 radical (unpaired) electrons. The number of hydrogen-bond donors (Lipinski definition) is 1. The predicted molar refractivity (Wildman–Crippen MR) is 87.1 cm³/mol. The normalized spacial score (nSPS) is 27.4. The van der Waals surface area contributed by atoms with Crippen LogP contribution in [0.25, 0.3) is 0 Å². The van der Waals surface area contributed by atoms with E-state index in [1.54, 1.807) is 0 Å². The predicted octanol–water partition coefficient (Wildman–Crippen LogP) is 3.80. The van der Waals surface area contributed by atoms with E-state index in [0.717, 1.165) is 5.92 Å².